The molecule has 2 N–H and O–H groups in total. The highest BCUT2D eigenvalue weighted by atomic mass is 35.5. The van der Waals surface area contributed by atoms with Crippen molar-refractivity contribution < 1.29 is 19.4 Å². The van der Waals surface area contributed by atoms with Crippen molar-refractivity contribution >= 4 is 23.5 Å². The van der Waals surface area contributed by atoms with E-state index in [1.165, 1.54) is 18.4 Å². The summed E-state index contributed by atoms with van der Waals surface area (Å²) < 4.78 is 6.17. The van der Waals surface area contributed by atoms with Crippen molar-refractivity contribution in [2.45, 2.75) is 38.1 Å². The first kappa shape index (κ1) is 21.2. The number of nitrogens with zero attached hydrogens (tertiary/aromatic N) is 1. The summed E-state index contributed by atoms with van der Waals surface area (Å²) in [6.45, 7) is 2.06. The molecule has 2 aromatic rings. The molecular weight excluding hydrogens is 416 g/mol. The van der Waals surface area contributed by atoms with Crippen LogP contribution in [-0.4, -0.2) is 41.0 Å². The Balaban J connectivity index is 1.40. The molecule has 1 heterocycles. The zero-order valence-corrected chi connectivity index (χ0v) is 17.9. The van der Waals surface area contributed by atoms with Crippen LogP contribution in [0.2, 0.25) is 5.02 Å². The number of rotatable bonds is 8. The highest BCUT2D eigenvalue weighted by molar-refractivity contribution is 6.33. The van der Waals surface area contributed by atoms with Gasteiger partial charge in [0.25, 0.3) is 5.91 Å². The maximum atomic E-state index is 12.5. The molecule has 4 rings (SSSR count). The minimum Gasteiger partial charge on any atom is -0.480 e. The molecule has 1 atom stereocenters. The predicted molar refractivity (Wildman–Crippen MR) is 118 cm³/mol. The van der Waals surface area contributed by atoms with E-state index in [1.807, 2.05) is 24.3 Å². The molecule has 0 unspecified atom stereocenters. The number of ether oxygens (including phenoxy) is 1. The molecular formula is C24H25ClN2O4. The van der Waals surface area contributed by atoms with Crippen LogP contribution in [0, 0.1) is 0 Å². The lowest BCUT2D eigenvalue weighted by atomic mass is 10.1. The molecule has 1 amide bonds. The first-order chi connectivity index (χ1) is 15.0. The van der Waals surface area contributed by atoms with Crippen LogP contribution < -0.4 is 10.1 Å². The molecule has 0 bridgehead atoms. The lowest BCUT2D eigenvalue weighted by Crippen LogP contribution is -2.42. The van der Waals surface area contributed by atoms with Gasteiger partial charge >= 0.3 is 5.97 Å². The number of aliphatic carboxylic acids is 1. The Morgan fingerprint density at radius 3 is 2.35 bits per heavy atom. The number of hydrogen-bond donors (Lipinski definition) is 2. The van der Waals surface area contributed by atoms with Crippen molar-refractivity contribution in [3.63, 3.8) is 0 Å². The monoisotopic (exact) mass is 440 g/mol. The molecule has 0 spiro atoms. The number of carbonyl (C=O) groups is 2. The maximum Gasteiger partial charge on any atom is 0.326 e. The zero-order valence-electron chi connectivity index (χ0n) is 17.1. The molecule has 1 saturated carbocycles. The summed E-state index contributed by atoms with van der Waals surface area (Å²) >= 11 is 6.05. The highest BCUT2D eigenvalue weighted by Gasteiger charge is 2.27. The van der Waals surface area contributed by atoms with E-state index >= 15 is 0 Å². The fourth-order valence-corrected chi connectivity index (χ4v) is 3.90. The van der Waals surface area contributed by atoms with Gasteiger partial charge in [0.1, 0.15) is 11.8 Å². The predicted octanol–water partition coefficient (Wildman–Crippen LogP) is 4.25. The highest BCUT2D eigenvalue weighted by Crippen LogP contribution is 2.35. The SMILES string of the molecule is O=C(N[C@@H](Cc1ccc(OC(=C2CC2)N2CCCC2)cc1)C(=O)O)c1ccccc1Cl. The van der Waals surface area contributed by atoms with Crippen LogP contribution in [0.5, 0.6) is 5.75 Å². The molecule has 2 fully saturated rings. The van der Waals surface area contributed by atoms with E-state index in [4.69, 9.17) is 16.3 Å². The van der Waals surface area contributed by atoms with Gasteiger partial charge in [0.2, 0.25) is 0 Å². The van der Waals surface area contributed by atoms with Gasteiger partial charge in [0.15, 0.2) is 5.88 Å². The largest absolute Gasteiger partial charge is 0.480 e. The van der Waals surface area contributed by atoms with Gasteiger partial charge in [-0.2, -0.15) is 0 Å². The van der Waals surface area contributed by atoms with E-state index in [9.17, 15) is 14.7 Å². The van der Waals surface area contributed by atoms with E-state index in [1.54, 1.807) is 24.3 Å². The summed E-state index contributed by atoms with van der Waals surface area (Å²) in [4.78, 5) is 26.5. The second kappa shape index (κ2) is 9.43. The quantitative estimate of drug-likeness (QED) is 0.600. The fraction of sp³-hybridized carbons (Fsp3) is 0.333. The molecule has 2 aliphatic rings. The summed E-state index contributed by atoms with van der Waals surface area (Å²) in [7, 11) is 0. The van der Waals surface area contributed by atoms with E-state index in [0.29, 0.717) is 0 Å². The van der Waals surface area contributed by atoms with E-state index in [2.05, 4.69) is 10.2 Å². The van der Waals surface area contributed by atoms with Gasteiger partial charge in [-0.05, 0) is 61.1 Å². The number of likely N-dealkylation sites (tertiary alicyclic amines) is 1. The van der Waals surface area contributed by atoms with Gasteiger partial charge in [-0.3, -0.25) is 4.79 Å². The number of halogens is 1. The second-order valence-corrected chi connectivity index (χ2v) is 8.30. The number of carbonyl (C=O) groups excluding carboxylic acids is 1. The minimum absolute atomic E-state index is 0.159. The molecule has 7 heteroatoms. The van der Waals surface area contributed by atoms with E-state index in [-0.39, 0.29) is 17.0 Å². The Bertz CT molecular complexity index is 991. The lowest BCUT2D eigenvalue weighted by Gasteiger charge is -2.22. The van der Waals surface area contributed by atoms with Gasteiger partial charge < -0.3 is 20.1 Å². The average molecular weight is 441 g/mol. The van der Waals surface area contributed by atoms with Gasteiger partial charge in [0.05, 0.1) is 10.6 Å². The fourth-order valence-electron chi connectivity index (χ4n) is 3.68. The van der Waals surface area contributed by atoms with Gasteiger partial charge in [-0.15, -0.1) is 0 Å². The topological polar surface area (TPSA) is 78.9 Å². The van der Waals surface area contributed by atoms with Crippen LogP contribution in [0.4, 0.5) is 0 Å². The summed E-state index contributed by atoms with van der Waals surface area (Å²) in [6.07, 6.45) is 4.72. The molecule has 2 aromatic carbocycles. The van der Waals surface area contributed by atoms with Crippen LogP contribution in [0.25, 0.3) is 0 Å². The molecule has 0 radical (unpaired) electrons. The third-order valence-corrected chi connectivity index (χ3v) is 5.82. The standard InChI is InChI=1S/C24H25ClN2O4/c25-20-6-2-1-5-19(20)22(28)26-21(24(29)30)15-16-7-11-18(12-8-16)31-23(17-9-10-17)27-13-3-4-14-27/h1-2,5-8,11-12,21H,3-4,9-10,13-15H2,(H,26,28)(H,29,30)/t21-/m0/s1. The Hall–Kier alpha value is -2.99. The third kappa shape index (κ3) is 5.39. The van der Waals surface area contributed by atoms with E-state index in [0.717, 1.165) is 43.1 Å². The molecule has 1 aliphatic carbocycles. The normalized spacial score (nSPS) is 16.0. The Morgan fingerprint density at radius 1 is 1.06 bits per heavy atom. The number of benzene rings is 2. The summed E-state index contributed by atoms with van der Waals surface area (Å²) in [5.74, 6) is 0.109. The number of amides is 1. The van der Waals surface area contributed by atoms with E-state index < -0.39 is 17.9 Å². The molecule has 31 heavy (non-hydrogen) atoms. The van der Waals surface area contributed by atoms with Crippen LogP contribution in [-0.2, 0) is 11.2 Å². The third-order valence-electron chi connectivity index (χ3n) is 5.50. The maximum absolute atomic E-state index is 12.5. The van der Waals surface area contributed by atoms with Crippen LogP contribution in [0.3, 0.4) is 0 Å². The van der Waals surface area contributed by atoms with Crippen LogP contribution in [0.1, 0.15) is 41.6 Å². The minimum atomic E-state index is -1.10. The van der Waals surface area contributed by atoms with Gasteiger partial charge in [-0.1, -0.05) is 35.9 Å². The summed E-state index contributed by atoms with van der Waals surface area (Å²) in [6, 6.07) is 12.9. The van der Waals surface area contributed by atoms with Crippen molar-refractivity contribution in [1.82, 2.24) is 10.2 Å². The van der Waals surface area contributed by atoms with Gasteiger partial charge in [-0.25, -0.2) is 4.79 Å². The van der Waals surface area contributed by atoms with Crippen molar-refractivity contribution in [3.05, 3.63) is 76.1 Å². The lowest BCUT2D eigenvalue weighted by molar-refractivity contribution is -0.139. The van der Waals surface area contributed by atoms with Crippen molar-refractivity contribution in [3.8, 4) is 5.75 Å². The Labute approximate surface area is 186 Å². The molecule has 0 aromatic heterocycles. The smallest absolute Gasteiger partial charge is 0.326 e. The number of carboxylic acid groups (broad SMARTS) is 1. The van der Waals surface area contributed by atoms with Gasteiger partial charge in [0, 0.05) is 19.5 Å². The molecule has 1 aliphatic heterocycles. The number of nitrogens with one attached hydrogen (secondary N) is 1. The van der Waals surface area contributed by atoms with Crippen LogP contribution >= 0.6 is 11.6 Å². The number of allylic oxidation sites excluding steroid dienone is 1. The zero-order chi connectivity index (χ0) is 21.8. The molecule has 1 saturated heterocycles. The Kier molecular flexibility index (Phi) is 6.47. The average Bonchev–Trinajstić information content (AvgIpc) is 3.46. The van der Waals surface area contributed by atoms with Crippen molar-refractivity contribution in [1.29, 1.82) is 0 Å². The Morgan fingerprint density at radius 2 is 1.74 bits per heavy atom. The first-order valence-electron chi connectivity index (χ1n) is 10.5. The number of hydrogen-bond acceptors (Lipinski definition) is 4. The first-order valence-corrected chi connectivity index (χ1v) is 10.9. The number of carboxylic acids is 1. The second-order valence-electron chi connectivity index (χ2n) is 7.90. The molecule has 6 nitrogen and oxygen atoms in total. The van der Waals surface area contributed by atoms with Crippen molar-refractivity contribution in [2.75, 3.05) is 13.1 Å². The van der Waals surface area contributed by atoms with Crippen molar-refractivity contribution in [2.24, 2.45) is 0 Å². The molecule has 162 valence electrons. The summed E-state index contributed by atoms with van der Waals surface area (Å²) in [5, 5.41) is 12.4. The summed E-state index contributed by atoms with van der Waals surface area (Å²) in [5.41, 5.74) is 2.40. The van der Waals surface area contributed by atoms with Crippen LogP contribution in [0.15, 0.2) is 60.0 Å².